The van der Waals surface area contributed by atoms with E-state index in [0.29, 0.717) is 11.5 Å². The van der Waals surface area contributed by atoms with Gasteiger partial charge in [0.2, 0.25) is 0 Å². The maximum atomic E-state index is 11.4. The minimum atomic E-state index is -0.346. The lowest BCUT2D eigenvalue weighted by molar-refractivity contribution is -0.122. The molecule has 1 atom stereocenters. The molecule has 0 aromatic heterocycles. The minimum absolute atomic E-state index is 0.0298. The molecular weight excluding hydrogens is 258 g/mol. The Morgan fingerprint density at radius 2 is 2.20 bits per heavy atom. The van der Waals surface area contributed by atoms with Gasteiger partial charge in [-0.05, 0) is 31.7 Å². The summed E-state index contributed by atoms with van der Waals surface area (Å²) in [5, 5.41) is 13.9. The largest absolute Gasteiger partial charge is 0.493 e. The summed E-state index contributed by atoms with van der Waals surface area (Å²) in [7, 11) is 3.42. The van der Waals surface area contributed by atoms with E-state index < -0.39 is 0 Å². The van der Waals surface area contributed by atoms with Crippen molar-refractivity contribution in [1.82, 2.24) is 10.6 Å². The van der Waals surface area contributed by atoms with Gasteiger partial charge in [-0.1, -0.05) is 6.07 Å². The Labute approximate surface area is 118 Å². The second kappa shape index (κ2) is 8.02. The van der Waals surface area contributed by atoms with Gasteiger partial charge in [0.05, 0.1) is 13.2 Å². The number of methoxy groups -OCH3 is 1. The van der Waals surface area contributed by atoms with Crippen LogP contribution in [0, 0.1) is 11.3 Å². The van der Waals surface area contributed by atoms with E-state index in [1.54, 1.807) is 13.2 Å². The molecule has 20 heavy (non-hydrogen) atoms. The minimum Gasteiger partial charge on any atom is -0.493 e. The average molecular weight is 277 g/mol. The van der Waals surface area contributed by atoms with Gasteiger partial charge in [0.1, 0.15) is 6.54 Å². The highest BCUT2D eigenvalue weighted by molar-refractivity contribution is 5.77. The van der Waals surface area contributed by atoms with E-state index in [1.807, 2.05) is 32.2 Å². The van der Waals surface area contributed by atoms with Crippen LogP contribution in [0.5, 0.6) is 11.5 Å². The lowest BCUT2D eigenvalue weighted by atomic mass is 10.1. The Kier molecular flexibility index (Phi) is 6.33. The lowest BCUT2D eigenvalue weighted by Gasteiger charge is -2.15. The standard InChI is InChI=1S/C14H19N3O3/c1-10(16-2)11-4-5-12(13(8-11)19-3)20-9-14(18)17-7-6-15/h4-5,8,10,16H,7,9H2,1-3H3,(H,17,18). The molecule has 0 saturated heterocycles. The summed E-state index contributed by atoms with van der Waals surface area (Å²) >= 11 is 0. The number of hydrogen-bond acceptors (Lipinski definition) is 5. The number of nitriles is 1. The van der Waals surface area contributed by atoms with Gasteiger partial charge in [-0.3, -0.25) is 4.79 Å². The average Bonchev–Trinajstić information content (AvgIpc) is 2.49. The molecule has 0 heterocycles. The number of carbonyl (C=O) groups excluding carboxylic acids is 1. The van der Waals surface area contributed by atoms with Crippen LogP contribution in [-0.4, -0.2) is 33.2 Å². The van der Waals surface area contributed by atoms with Crippen molar-refractivity contribution in [1.29, 1.82) is 5.26 Å². The SMILES string of the molecule is CNC(C)c1ccc(OCC(=O)NCC#N)c(OC)c1. The second-order valence-electron chi connectivity index (χ2n) is 4.14. The first-order chi connectivity index (χ1) is 9.62. The molecule has 1 rings (SSSR count). The van der Waals surface area contributed by atoms with Crippen molar-refractivity contribution >= 4 is 5.91 Å². The van der Waals surface area contributed by atoms with Crippen LogP contribution in [0.3, 0.4) is 0 Å². The van der Waals surface area contributed by atoms with Crippen LogP contribution in [0.15, 0.2) is 18.2 Å². The van der Waals surface area contributed by atoms with Crippen LogP contribution in [-0.2, 0) is 4.79 Å². The number of rotatable bonds is 7. The Morgan fingerprint density at radius 3 is 2.80 bits per heavy atom. The predicted molar refractivity (Wildman–Crippen MR) is 74.6 cm³/mol. The van der Waals surface area contributed by atoms with Gasteiger partial charge >= 0.3 is 0 Å². The van der Waals surface area contributed by atoms with Crippen molar-refractivity contribution in [3.63, 3.8) is 0 Å². The maximum Gasteiger partial charge on any atom is 0.258 e. The Balaban J connectivity index is 2.71. The maximum absolute atomic E-state index is 11.4. The van der Waals surface area contributed by atoms with Gasteiger partial charge in [-0.25, -0.2) is 0 Å². The van der Waals surface area contributed by atoms with Gasteiger partial charge in [-0.2, -0.15) is 5.26 Å². The summed E-state index contributed by atoms with van der Waals surface area (Å²) in [6, 6.07) is 7.56. The fraction of sp³-hybridized carbons (Fsp3) is 0.429. The van der Waals surface area contributed by atoms with E-state index in [4.69, 9.17) is 14.7 Å². The van der Waals surface area contributed by atoms with Gasteiger partial charge in [0.25, 0.3) is 5.91 Å². The fourth-order valence-corrected chi connectivity index (χ4v) is 1.57. The van der Waals surface area contributed by atoms with Crippen molar-refractivity contribution in [3.05, 3.63) is 23.8 Å². The first-order valence-corrected chi connectivity index (χ1v) is 6.24. The molecule has 0 aliphatic rings. The van der Waals surface area contributed by atoms with Gasteiger partial charge in [-0.15, -0.1) is 0 Å². The number of carbonyl (C=O) groups is 1. The van der Waals surface area contributed by atoms with Crippen LogP contribution in [0.4, 0.5) is 0 Å². The molecule has 0 aliphatic heterocycles. The molecule has 1 amide bonds. The van der Waals surface area contributed by atoms with Crippen molar-refractivity contribution in [2.75, 3.05) is 27.3 Å². The summed E-state index contributed by atoms with van der Waals surface area (Å²) in [6.07, 6.45) is 0. The van der Waals surface area contributed by atoms with Crippen molar-refractivity contribution < 1.29 is 14.3 Å². The molecule has 0 fully saturated rings. The fourth-order valence-electron chi connectivity index (χ4n) is 1.57. The molecular formula is C14H19N3O3. The molecule has 6 heteroatoms. The number of ether oxygens (including phenoxy) is 2. The third kappa shape index (κ3) is 4.44. The predicted octanol–water partition coefficient (Wildman–Crippen LogP) is 0.994. The Bertz CT molecular complexity index is 497. The van der Waals surface area contributed by atoms with Crippen LogP contribution < -0.4 is 20.1 Å². The van der Waals surface area contributed by atoms with Crippen LogP contribution >= 0.6 is 0 Å². The molecule has 6 nitrogen and oxygen atoms in total. The van der Waals surface area contributed by atoms with E-state index in [9.17, 15) is 4.79 Å². The summed E-state index contributed by atoms with van der Waals surface area (Å²) in [4.78, 5) is 11.4. The molecule has 108 valence electrons. The van der Waals surface area contributed by atoms with Crippen LogP contribution in [0.1, 0.15) is 18.5 Å². The van der Waals surface area contributed by atoms with Crippen LogP contribution in [0.25, 0.3) is 0 Å². The molecule has 1 aromatic carbocycles. The van der Waals surface area contributed by atoms with E-state index in [-0.39, 0.29) is 25.1 Å². The number of amides is 1. The number of nitrogens with zero attached hydrogens (tertiary/aromatic N) is 1. The molecule has 0 aliphatic carbocycles. The third-order valence-electron chi connectivity index (χ3n) is 2.84. The topological polar surface area (TPSA) is 83.4 Å². The number of hydrogen-bond donors (Lipinski definition) is 2. The highest BCUT2D eigenvalue weighted by Crippen LogP contribution is 2.30. The molecule has 1 aromatic rings. The summed E-state index contributed by atoms with van der Waals surface area (Å²) < 4.78 is 10.6. The van der Waals surface area contributed by atoms with Gasteiger partial charge in [0, 0.05) is 6.04 Å². The monoisotopic (exact) mass is 277 g/mol. The third-order valence-corrected chi connectivity index (χ3v) is 2.84. The highest BCUT2D eigenvalue weighted by Gasteiger charge is 2.10. The first-order valence-electron chi connectivity index (χ1n) is 6.24. The Hall–Kier alpha value is -2.26. The summed E-state index contributed by atoms with van der Waals surface area (Å²) in [5.74, 6) is 0.714. The quantitative estimate of drug-likeness (QED) is 0.726. The van der Waals surface area contributed by atoms with Crippen LogP contribution in [0.2, 0.25) is 0 Å². The molecule has 0 bridgehead atoms. The molecule has 0 radical (unpaired) electrons. The second-order valence-corrected chi connectivity index (χ2v) is 4.14. The van der Waals surface area contributed by atoms with E-state index in [1.165, 1.54) is 0 Å². The molecule has 0 spiro atoms. The first kappa shape index (κ1) is 15.8. The normalized spacial score (nSPS) is 11.3. The number of nitrogens with one attached hydrogen (secondary N) is 2. The molecule has 2 N–H and O–H groups in total. The molecule has 0 saturated carbocycles. The van der Waals surface area contributed by atoms with Gasteiger partial charge in [0.15, 0.2) is 18.1 Å². The summed E-state index contributed by atoms with van der Waals surface area (Å²) in [5.41, 5.74) is 1.06. The van der Waals surface area contributed by atoms with Crippen molar-refractivity contribution in [3.8, 4) is 17.6 Å². The zero-order valence-electron chi connectivity index (χ0n) is 11.9. The van der Waals surface area contributed by atoms with Crippen molar-refractivity contribution in [2.24, 2.45) is 0 Å². The zero-order valence-corrected chi connectivity index (χ0v) is 11.9. The van der Waals surface area contributed by atoms with E-state index in [2.05, 4.69) is 10.6 Å². The zero-order chi connectivity index (χ0) is 15.0. The van der Waals surface area contributed by atoms with E-state index >= 15 is 0 Å². The highest BCUT2D eigenvalue weighted by atomic mass is 16.5. The van der Waals surface area contributed by atoms with Gasteiger partial charge < -0.3 is 20.1 Å². The smallest absolute Gasteiger partial charge is 0.258 e. The van der Waals surface area contributed by atoms with Crippen molar-refractivity contribution in [2.45, 2.75) is 13.0 Å². The lowest BCUT2D eigenvalue weighted by Crippen LogP contribution is -2.29. The van der Waals surface area contributed by atoms with E-state index in [0.717, 1.165) is 5.56 Å². The Morgan fingerprint density at radius 1 is 1.45 bits per heavy atom. The summed E-state index contributed by atoms with van der Waals surface area (Å²) in [6.45, 7) is 1.85. The molecule has 1 unspecified atom stereocenters. The number of benzene rings is 1.